The van der Waals surface area contributed by atoms with Crippen molar-refractivity contribution in [2.75, 3.05) is 31.7 Å². The Labute approximate surface area is 244 Å². The molecule has 0 bridgehead atoms. The van der Waals surface area contributed by atoms with Crippen molar-refractivity contribution >= 4 is 17.6 Å². The molecule has 222 valence electrons. The van der Waals surface area contributed by atoms with Crippen LogP contribution in [0.1, 0.15) is 54.5 Å². The molecule has 2 aliphatic rings. The number of aliphatic carboxylic acids is 1. The zero-order valence-electron chi connectivity index (χ0n) is 23.6. The van der Waals surface area contributed by atoms with Gasteiger partial charge in [0.15, 0.2) is 0 Å². The molecule has 0 unspecified atom stereocenters. The summed E-state index contributed by atoms with van der Waals surface area (Å²) < 4.78 is 32.2. The van der Waals surface area contributed by atoms with Gasteiger partial charge in [-0.15, -0.1) is 0 Å². The topological polar surface area (TPSA) is 90.3 Å². The Balaban J connectivity index is 1.25. The van der Waals surface area contributed by atoms with Gasteiger partial charge in [-0.1, -0.05) is 36.4 Å². The van der Waals surface area contributed by atoms with Crippen LogP contribution in [0.2, 0.25) is 0 Å². The molecular formula is C33H36F2N2O5. The zero-order chi connectivity index (χ0) is 29.9. The van der Waals surface area contributed by atoms with Crippen LogP contribution in [0.4, 0.5) is 14.5 Å². The first kappa shape index (κ1) is 29.8. The minimum atomic E-state index is -0.826. The number of β-lactam (4-membered cyclic amide) rings is 1. The molecule has 0 saturated carbocycles. The second kappa shape index (κ2) is 12.7. The van der Waals surface area contributed by atoms with Crippen LogP contribution in [0.25, 0.3) is 0 Å². The molecule has 0 spiro atoms. The number of carboxylic acids is 1. The number of ether oxygens (including phenoxy) is 1. The Morgan fingerprint density at radius 1 is 1.02 bits per heavy atom. The van der Waals surface area contributed by atoms with E-state index >= 15 is 0 Å². The van der Waals surface area contributed by atoms with Crippen LogP contribution in [-0.4, -0.2) is 59.3 Å². The van der Waals surface area contributed by atoms with Gasteiger partial charge in [-0.25, -0.2) is 8.78 Å². The summed E-state index contributed by atoms with van der Waals surface area (Å²) in [5.41, 5.74) is 2.86. The standard InChI is InChI=1S/C33H36F2N2O5/c1-36(33(19-30(39)40)20-42-21-33)18-2-3-22-4-6-24(7-5-22)31-28(16-17-29(38)23-8-10-25(34)11-9-23)32(41)37(31)27-14-12-26(35)13-15-27/h4-15,28-29,31,38H,2-3,16-21H2,1H3,(H,39,40)/t28-,29+,31-/m1/s1. The Kier molecular flexibility index (Phi) is 9.01. The van der Waals surface area contributed by atoms with Gasteiger partial charge in [-0.3, -0.25) is 14.5 Å². The maximum Gasteiger partial charge on any atom is 0.305 e. The number of aryl methyl sites for hydroxylation is 1. The number of benzene rings is 3. The first-order valence-electron chi connectivity index (χ1n) is 14.3. The van der Waals surface area contributed by atoms with E-state index in [1.807, 2.05) is 31.3 Å². The van der Waals surface area contributed by atoms with Crippen molar-refractivity contribution in [3.63, 3.8) is 0 Å². The summed E-state index contributed by atoms with van der Waals surface area (Å²) in [4.78, 5) is 28.4. The maximum absolute atomic E-state index is 13.6. The Morgan fingerprint density at radius 2 is 1.64 bits per heavy atom. The Bertz CT molecular complexity index is 1380. The van der Waals surface area contributed by atoms with E-state index in [0.717, 1.165) is 30.5 Å². The highest BCUT2D eigenvalue weighted by Crippen LogP contribution is 2.46. The summed E-state index contributed by atoms with van der Waals surface area (Å²) >= 11 is 0. The number of aliphatic hydroxyl groups is 1. The first-order valence-corrected chi connectivity index (χ1v) is 14.3. The van der Waals surface area contributed by atoms with Gasteiger partial charge in [-0.05, 0) is 92.4 Å². The molecule has 3 aromatic rings. The Hall–Kier alpha value is -3.66. The number of amides is 1. The third kappa shape index (κ3) is 6.38. The van der Waals surface area contributed by atoms with E-state index < -0.39 is 17.6 Å². The Morgan fingerprint density at radius 3 is 2.21 bits per heavy atom. The van der Waals surface area contributed by atoms with Gasteiger partial charge in [0.2, 0.25) is 5.91 Å². The van der Waals surface area contributed by atoms with Gasteiger partial charge < -0.3 is 19.8 Å². The number of halogens is 2. The number of hydrogen-bond acceptors (Lipinski definition) is 5. The molecule has 3 aromatic carbocycles. The summed E-state index contributed by atoms with van der Waals surface area (Å²) in [6, 6.07) is 19.4. The van der Waals surface area contributed by atoms with Crippen LogP contribution in [0.5, 0.6) is 0 Å². The van der Waals surface area contributed by atoms with Crippen LogP contribution >= 0.6 is 0 Å². The second-order valence-electron chi connectivity index (χ2n) is 11.4. The quantitative estimate of drug-likeness (QED) is 0.268. The number of anilines is 1. The van der Waals surface area contributed by atoms with Crippen LogP contribution in [0, 0.1) is 17.6 Å². The molecule has 1 amide bonds. The summed E-state index contributed by atoms with van der Waals surface area (Å²) in [6.45, 7) is 1.60. The van der Waals surface area contributed by atoms with Crippen LogP contribution in [-0.2, 0) is 20.7 Å². The van der Waals surface area contributed by atoms with E-state index in [1.54, 1.807) is 29.2 Å². The second-order valence-corrected chi connectivity index (χ2v) is 11.4. The van der Waals surface area contributed by atoms with E-state index in [9.17, 15) is 28.6 Å². The van der Waals surface area contributed by atoms with E-state index in [2.05, 4.69) is 4.90 Å². The molecule has 9 heteroatoms. The molecule has 5 rings (SSSR count). The van der Waals surface area contributed by atoms with Crippen LogP contribution in [0.3, 0.4) is 0 Å². The average Bonchev–Trinajstić information content (AvgIpc) is 2.95. The summed E-state index contributed by atoms with van der Waals surface area (Å²) in [5, 5.41) is 20.0. The van der Waals surface area contributed by atoms with Crippen LogP contribution < -0.4 is 4.90 Å². The predicted molar refractivity (Wildman–Crippen MR) is 154 cm³/mol. The number of nitrogens with zero attached hydrogens (tertiary/aromatic N) is 2. The number of carboxylic acid groups (broad SMARTS) is 1. The number of carbonyl (C=O) groups is 2. The fraction of sp³-hybridized carbons (Fsp3) is 0.394. The SMILES string of the molecule is CN(CCCc1ccc([C@@H]2[C@@H](CC[C@H](O)c3ccc(F)cc3)C(=O)N2c2ccc(F)cc2)cc1)C1(CC(=O)O)COC1. The highest BCUT2D eigenvalue weighted by atomic mass is 19.1. The summed E-state index contributed by atoms with van der Waals surface area (Å²) in [7, 11) is 1.94. The minimum absolute atomic E-state index is 0.0605. The van der Waals surface area contributed by atoms with Crippen molar-refractivity contribution in [1.29, 1.82) is 0 Å². The average molecular weight is 579 g/mol. The highest BCUT2D eigenvalue weighted by Gasteiger charge is 2.48. The molecule has 0 aromatic heterocycles. The molecule has 2 N–H and O–H groups in total. The molecule has 2 aliphatic heterocycles. The highest BCUT2D eigenvalue weighted by molar-refractivity contribution is 6.03. The lowest BCUT2D eigenvalue weighted by Crippen LogP contribution is -2.62. The number of aliphatic hydroxyl groups excluding tert-OH is 1. The van der Waals surface area contributed by atoms with Gasteiger partial charge in [0.25, 0.3) is 0 Å². The zero-order valence-corrected chi connectivity index (χ0v) is 23.6. The fourth-order valence-corrected chi connectivity index (χ4v) is 6.01. The molecule has 0 aliphatic carbocycles. The molecule has 2 heterocycles. The number of rotatable bonds is 13. The van der Waals surface area contributed by atoms with Gasteiger partial charge in [-0.2, -0.15) is 0 Å². The van der Waals surface area contributed by atoms with Gasteiger partial charge in [0.05, 0.1) is 43.2 Å². The third-order valence-corrected chi connectivity index (χ3v) is 8.64. The first-order chi connectivity index (χ1) is 20.2. The predicted octanol–water partition coefficient (Wildman–Crippen LogP) is 5.29. The van der Waals surface area contributed by atoms with Gasteiger partial charge >= 0.3 is 5.97 Å². The van der Waals surface area contributed by atoms with Crippen molar-refractivity contribution in [3.8, 4) is 0 Å². The van der Waals surface area contributed by atoms with E-state index in [-0.39, 0.29) is 35.9 Å². The lowest BCUT2D eigenvalue weighted by atomic mass is 9.78. The molecule has 42 heavy (non-hydrogen) atoms. The van der Waals surface area contributed by atoms with Crippen molar-refractivity contribution in [2.24, 2.45) is 5.92 Å². The lowest BCUT2D eigenvalue weighted by molar-refractivity contribution is -0.162. The molecule has 2 saturated heterocycles. The van der Waals surface area contributed by atoms with E-state index in [1.165, 1.54) is 24.3 Å². The normalized spacial score (nSPS) is 20.2. The fourth-order valence-electron chi connectivity index (χ4n) is 6.01. The van der Waals surface area contributed by atoms with Crippen LogP contribution in [0.15, 0.2) is 72.8 Å². The molecular weight excluding hydrogens is 542 g/mol. The van der Waals surface area contributed by atoms with Crippen molar-refractivity contribution in [1.82, 2.24) is 4.90 Å². The number of hydrogen-bond donors (Lipinski definition) is 2. The van der Waals surface area contributed by atoms with Gasteiger partial charge in [0, 0.05) is 5.69 Å². The summed E-state index contributed by atoms with van der Waals surface area (Å²) in [6.07, 6.45) is 1.69. The monoisotopic (exact) mass is 578 g/mol. The summed E-state index contributed by atoms with van der Waals surface area (Å²) in [5.74, 6) is -2.02. The van der Waals surface area contributed by atoms with Gasteiger partial charge in [0.1, 0.15) is 11.6 Å². The number of carbonyl (C=O) groups excluding carboxylic acids is 1. The van der Waals surface area contributed by atoms with E-state index in [4.69, 9.17) is 4.74 Å². The van der Waals surface area contributed by atoms with Crippen molar-refractivity contribution in [3.05, 3.63) is 101 Å². The minimum Gasteiger partial charge on any atom is -0.481 e. The smallest absolute Gasteiger partial charge is 0.305 e. The molecule has 0 radical (unpaired) electrons. The van der Waals surface area contributed by atoms with Crippen molar-refractivity contribution < 1.29 is 33.3 Å². The largest absolute Gasteiger partial charge is 0.481 e. The maximum atomic E-state index is 13.6. The van der Waals surface area contributed by atoms with E-state index in [0.29, 0.717) is 37.3 Å². The number of likely N-dealkylation sites (N-methyl/N-ethyl adjacent to an activating group) is 1. The molecule has 3 atom stereocenters. The molecule has 2 fully saturated rings. The lowest BCUT2D eigenvalue weighted by Gasteiger charge is -2.48. The molecule has 7 nitrogen and oxygen atoms in total. The third-order valence-electron chi connectivity index (χ3n) is 8.64. The van der Waals surface area contributed by atoms with Crippen molar-refractivity contribution in [2.45, 2.75) is 49.8 Å².